The molecule has 1 aliphatic carbocycles. The highest BCUT2D eigenvalue weighted by atomic mass is 35.5. The summed E-state index contributed by atoms with van der Waals surface area (Å²) < 4.78 is 0. The molecule has 1 rings (SSSR count). The highest BCUT2D eigenvalue weighted by Crippen LogP contribution is 2.53. The third kappa shape index (κ3) is 1.97. The zero-order chi connectivity index (χ0) is 8.48. The van der Waals surface area contributed by atoms with Crippen molar-refractivity contribution in [2.75, 3.05) is 0 Å². The molecule has 0 aromatic carbocycles. The van der Waals surface area contributed by atoms with Gasteiger partial charge in [-0.3, -0.25) is 0 Å². The maximum absolute atomic E-state index is 9.42. The molecule has 0 aromatic rings. The fraction of sp³-hybridized carbons (Fsp3) is 0.778. The predicted molar refractivity (Wildman–Crippen MR) is 47.6 cm³/mol. The normalized spacial score (nSPS) is 24.9. The van der Waals surface area contributed by atoms with Crippen LogP contribution in [-0.4, -0.2) is 11.2 Å². The lowest BCUT2D eigenvalue weighted by atomic mass is 9.93. The second kappa shape index (κ2) is 3.16. The SMILES string of the molecule is C/C(=C\Cl)CC1(C(C)O)CC1. The Hall–Kier alpha value is -0.0100. The minimum absolute atomic E-state index is 0.176. The summed E-state index contributed by atoms with van der Waals surface area (Å²) in [7, 11) is 0. The summed E-state index contributed by atoms with van der Waals surface area (Å²) in [6.07, 6.45) is 3.06. The van der Waals surface area contributed by atoms with Crippen LogP contribution in [0.15, 0.2) is 11.1 Å². The van der Waals surface area contributed by atoms with Crippen LogP contribution >= 0.6 is 11.6 Å². The molecule has 0 heterocycles. The van der Waals surface area contributed by atoms with Crippen LogP contribution in [0.4, 0.5) is 0 Å². The molecule has 1 N–H and O–H groups in total. The first-order valence-corrected chi connectivity index (χ1v) is 4.48. The lowest BCUT2D eigenvalue weighted by Gasteiger charge is -2.18. The Labute approximate surface area is 73.1 Å². The first-order chi connectivity index (χ1) is 5.10. The summed E-state index contributed by atoms with van der Waals surface area (Å²) in [6, 6.07) is 0. The van der Waals surface area contributed by atoms with Gasteiger partial charge in [0.25, 0.3) is 0 Å². The van der Waals surface area contributed by atoms with Crippen molar-refractivity contribution >= 4 is 11.6 Å². The molecular weight excluding hydrogens is 160 g/mol. The number of aliphatic hydroxyl groups excluding tert-OH is 1. The second-order valence-corrected chi connectivity index (χ2v) is 3.89. The number of rotatable bonds is 3. The van der Waals surface area contributed by atoms with Crippen molar-refractivity contribution in [1.82, 2.24) is 0 Å². The maximum atomic E-state index is 9.42. The number of halogens is 1. The molecule has 11 heavy (non-hydrogen) atoms. The van der Waals surface area contributed by atoms with Gasteiger partial charge < -0.3 is 5.11 Å². The molecule has 0 saturated heterocycles. The smallest absolute Gasteiger partial charge is 0.0571 e. The highest BCUT2D eigenvalue weighted by Gasteiger charge is 2.46. The average Bonchev–Trinajstić information content (AvgIpc) is 2.69. The van der Waals surface area contributed by atoms with E-state index >= 15 is 0 Å². The third-order valence-electron chi connectivity index (χ3n) is 2.60. The van der Waals surface area contributed by atoms with Crippen LogP contribution in [0.3, 0.4) is 0 Å². The average molecular weight is 175 g/mol. The number of hydrogen-bond acceptors (Lipinski definition) is 1. The zero-order valence-corrected chi connectivity index (χ0v) is 7.86. The Bertz CT molecular complexity index is 168. The van der Waals surface area contributed by atoms with Crippen LogP contribution < -0.4 is 0 Å². The van der Waals surface area contributed by atoms with Crippen molar-refractivity contribution in [1.29, 1.82) is 0 Å². The molecule has 0 amide bonds. The molecule has 1 saturated carbocycles. The third-order valence-corrected chi connectivity index (χ3v) is 2.97. The van der Waals surface area contributed by atoms with Crippen LogP contribution in [0.25, 0.3) is 0 Å². The van der Waals surface area contributed by atoms with Gasteiger partial charge in [0.2, 0.25) is 0 Å². The van der Waals surface area contributed by atoms with E-state index in [1.165, 1.54) is 5.57 Å². The van der Waals surface area contributed by atoms with Gasteiger partial charge in [-0.1, -0.05) is 17.2 Å². The number of allylic oxidation sites excluding steroid dienone is 1. The largest absolute Gasteiger partial charge is 0.393 e. The summed E-state index contributed by atoms with van der Waals surface area (Å²) in [5.74, 6) is 0. The number of aliphatic hydroxyl groups is 1. The van der Waals surface area contributed by atoms with E-state index in [1.807, 2.05) is 13.8 Å². The van der Waals surface area contributed by atoms with Gasteiger partial charge in [0.05, 0.1) is 6.10 Å². The molecular formula is C9H15ClO. The van der Waals surface area contributed by atoms with E-state index in [0.717, 1.165) is 19.3 Å². The molecule has 1 aliphatic rings. The molecule has 1 unspecified atom stereocenters. The van der Waals surface area contributed by atoms with Crippen molar-refractivity contribution in [3.8, 4) is 0 Å². The zero-order valence-electron chi connectivity index (χ0n) is 7.10. The van der Waals surface area contributed by atoms with Gasteiger partial charge in [-0.05, 0) is 38.5 Å². The summed E-state index contributed by atoms with van der Waals surface area (Å²) in [6.45, 7) is 3.88. The van der Waals surface area contributed by atoms with Crippen molar-refractivity contribution < 1.29 is 5.11 Å². The van der Waals surface area contributed by atoms with Gasteiger partial charge in [0.1, 0.15) is 0 Å². The summed E-state index contributed by atoms with van der Waals surface area (Å²) in [4.78, 5) is 0. The van der Waals surface area contributed by atoms with E-state index in [-0.39, 0.29) is 11.5 Å². The van der Waals surface area contributed by atoms with Gasteiger partial charge in [-0.25, -0.2) is 0 Å². The summed E-state index contributed by atoms with van der Waals surface area (Å²) >= 11 is 5.55. The van der Waals surface area contributed by atoms with Gasteiger partial charge in [-0.2, -0.15) is 0 Å². The van der Waals surface area contributed by atoms with E-state index in [1.54, 1.807) is 5.54 Å². The van der Waals surface area contributed by atoms with Gasteiger partial charge in [-0.15, -0.1) is 0 Å². The van der Waals surface area contributed by atoms with Crippen LogP contribution in [0.5, 0.6) is 0 Å². The predicted octanol–water partition coefficient (Wildman–Crippen LogP) is 2.68. The summed E-state index contributed by atoms with van der Waals surface area (Å²) in [5, 5.41) is 9.42. The Morgan fingerprint density at radius 2 is 2.27 bits per heavy atom. The summed E-state index contributed by atoms with van der Waals surface area (Å²) in [5.41, 5.74) is 2.96. The molecule has 1 fully saturated rings. The van der Waals surface area contributed by atoms with E-state index in [4.69, 9.17) is 11.6 Å². The standard InChI is InChI=1S/C9H15ClO/c1-7(6-10)5-9(3-4-9)8(2)11/h6,8,11H,3-5H2,1-2H3/b7-6+. The minimum Gasteiger partial charge on any atom is -0.393 e. The molecule has 0 bridgehead atoms. The van der Waals surface area contributed by atoms with Crippen molar-refractivity contribution in [2.24, 2.45) is 5.41 Å². The maximum Gasteiger partial charge on any atom is 0.0571 e. The Kier molecular flexibility index (Phi) is 2.61. The van der Waals surface area contributed by atoms with Crippen LogP contribution in [0.2, 0.25) is 0 Å². The van der Waals surface area contributed by atoms with Gasteiger partial charge in [0.15, 0.2) is 0 Å². The van der Waals surface area contributed by atoms with E-state index < -0.39 is 0 Å². The van der Waals surface area contributed by atoms with Gasteiger partial charge in [0, 0.05) is 5.54 Å². The lowest BCUT2D eigenvalue weighted by molar-refractivity contribution is 0.110. The first-order valence-electron chi connectivity index (χ1n) is 4.05. The van der Waals surface area contributed by atoms with E-state index in [2.05, 4.69) is 0 Å². The molecule has 0 radical (unpaired) electrons. The van der Waals surface area contributed by atoms with E-state index in [9.17, 15) is 5.11 Å². The molecule has 0 aromatic heterocycles. The fourth-order valence-corrected chi connectivity index (χ4v) is 1.57. The van der Waals surface area contributed by atoms with Crippen LogP contribution in [-0.2, 0) is 0 Å². The Balaban J connectivity index is 2.48. The van der Waals surface area contributed by atoms with Gasteiger partial charge >= 0.3 is 0 Å². The molecule has 2 heteroatoms. The van der Waals surface area contributed by atoms with Crippen LogP contribution in [0.1, 0.15) is 33.1 Å². The monoisotopic (exact) mass is 174 g/mol. The van der Waals surface area contributed by atoms with Crippen molar-refractivity contribution in [3.63, 3.8) is 0 Å². The Morgan fingerprint density at radius 1 is 1.73 bits per heavy atom. The molecule has 1 atom stereocenters. The van der Waals surface area contributed by atoms with Crippen molar-refractivity contribution in [3.05, 3.63) is 11.1 Å². The minimum atomic E-state index is -0.186. The number of hydrogen-bond donors (Lipinski definition) is 1. The molecule has 0 spiro atoms. The topological polar surface area (TPSA) is 20.2 Å². The van der Waals surface area contributed by atoms with Crippen LogP contribution in [0, 0.1) is 5.41 Å². The molecule has 64 valence electrons. The molecule has 1 nitrogen and oxygen atoms in total. The fourth-order valence-electron chi connectivity index (χ4n) is 1.50. The quantitative estimate of drug-likeness (QED) is 0.698. The Morgan fingerprint density at radius 3 is 2.55 bits per heavy atom. The van der Waals surface area contributed by atoms with Crippen molar-refractivity contribution in [2.45, 2.75) is 39.2 Å². The first kappa shape index (κ1) is 9.08. The molecule has 0 aliphatic heterocycles. The highest BCUT2D eigenvalue weighted by molar-refractivity contribution is 6.25. The second-order valence-electron chi connectivity index (χ2n) is 3.67. The lowest BCUT2D eigenvalue weighted by Crippen LogP contribution is -2.17. The van der Waals surface area contributed by atoms with E-state index in [0.29, 0.717) is 0 Å².